The van der Waals surface area contributed by atoms with Crippen molar-refractivity contribution in [3.05, 3.63) is 92.4 Å². The van der Waals surface area contributed by atoms with Crippen molar-refractivity contribution in [2.45, 2.75) is 6.18 Å². The van der Waals surface area contributed by atoms with E-state index in [4.69, 9.17) is 39.5 Å². The summed E-state index contributed by atoms with van der Waals surface area (Å²) in [5.74, 6) is -1.05. The van der Waals surface area contributed by atoms with Gasteiger partial charge >= 0.3 is 6.18 Å². The van der Waals surface area contributed by atoms with Crippen molar-refractivity contribution in [1.29, 1.82) is 0 Å². The van der Waals surface area contributed by atoms with E-state index in [0.717, 1.165) is 18.2 Å². The molecule has 0 aliphatic carbocycles. The average Bonchev–Trinajstić information content (AvgIpc) is 2.80. The second-order valence-electron chi connectivity index (χ2n) is 6.93. The molecule has 2 N–H and O–H groups in total. The first kappa shape index (κ1) is 26.3. The fourth-order valence-corrected chi connectivity index (χ4v) is 3.24. The molecule has 182 valence electrons. The van der Waals surface area contributed by atoms with Gasteiger partial charge in [0.25, 0.3) is 11.8 Å². The first-order valence-corrected chi connectivity index (χ1v) is 10.8. The highest BCUT2D eigenvalue weighted by molar-refractivity contribution is 6.42. The number of hydrogen-bond donors (Lipinski definition) is 2. The van der Waals surface area contributed by atoms with E-state index in [1.165, 1.54) is 30.5 Å². The van der Waals surface area contributed by atoms with Crippen LogP contribution in [0.2, 0.25) is 15.1 Å². The normalized spacial score (nSPS) is 11.4. The minimum absolute atomic E-state index is 0.167. The van der Waals surface area contributed by atoms with Gasteiger partial charge in [0, 0.05) is 11.3 Å². The highest BCUT2D eigenvalue weighted by atomic mass is 35.5. The predicted molar refractivity (Wildman–Crippen MR) is 129 cm³/mol. The Morgan fingerprint density at radius 3 is 2.40 bits per heavy atom. The standard InChI is InChI=1S/C23H15Cl3F3N3O3/c24-17-6-5-16(10-18(17)25)31-21(33)12-35-20-7-4-13(8-19(20)26)11-30-32-22(34)14-2-1-3-15(9-14)23(27,28)29/h1-11H,12H2,(H,31,33)(H,32,34)/b30-11+. The minimum atomic E-state index is -4.57. The van der Waals surface area contributed by atoms with E-state index in [1.54, 1.807) is 18.2 Å². The van der Waals surface area contributed by atoms with E-state index in [-0.39, 0.29) is 28.0 Å². The number of ether oxygens (including phenoxy) is 1. The Labute approximate surface area is 212 Å². The second-order valence-corrected chi connectivity index (χ2v) is 8.15. The molecule has 0 aromatic heterocycles. The summed E-state index contributed by atoms with van der Waals surface area (Å²) >= 11 is 17.9. The van der Waals surface area contributed by atoms with Gasteiger partial charge in [0.2, 0.25) is 0 Å². The number of anilines is 1. The van der Waals surface area contributed by atoms with Crippen LogP contribution in [0.25, 0.3) is 0 Å². The Morgan fingerprint density at radius 1 is 0.943 bits per heavy atom. The van der Waals surface area contributed by atoms with Crippen LogP contribution in [0.15, 0.2) is 65.8 Å². The largest absolute Gasteiger partial charge is 0.482 e. The Morgan fingerprint density at radius 2 is 1.71 bits per heavy atom. The molecule has 0 bridgehead atoms. The molecule has 0 unspecified atom stereocenters. The summed E-state index contributed by atoms with van der Waals surface area (Å²) in [7, 11) is 0. The van der Waals surface area contributed by atoms with Crippen LogP contribution < -0.4 is 15.5 Å². The summed E-state index contributed by atoms with van der Waals surface area (Å²) in [6.45, 7) is -0.333. The smallest absolute Gasteiger partial charge is 0.416 e. The van der Waals surface area contributed by atoms with Gasteiger partial charge in [-0.2, -0.15) is 18.3 Å². The topological polar surface area (TPSA) is 79.8 Å². The lowest BCUT2D eigenvalue weighted by atomic mass is 10.1. The van der Waals surface area contributed by atoms with E-state index in [2.05, 4.69) is 15.8 Å². The molecule has 0 heterocycles. The fraction of sp³-hybridized carbons (Fsp3) is 0.0870. The van der Waals surface area contributed by atoms with Crippen molar-refractivity contribution >= 4 is 58.5 Å². The Bertz CT molecular complexity index is 1280. The van der Waals surface area contributed by atoms with Crippen molar-refractivity contribution in [3.63, 3.8) is 0 Å². The summed E-state index contributed by atoms with van der Waals surface area (Å²) in [5.41, 5.74) is 1.92. The quantitative estimate of drug-likeness (QED) is 0.265. The van der Waals surface area contributed by atoms with Gasteiger partial charge in [-0.05, 0) is 60.2 Å². The van der Waals surface area contributed by atoms with Crippen molar-refractivity contribution in [2.24, 2.45) is 5.10 Å². The van der Waals surface area contributed by atoms with Crippen LogP contribution in [0.5, 0.6) is 5.75 Å². The maximum atomic E-state index is 12.8. The van der Waals surface area contributed by atoms with Crippen LogP contribution in [0, 0.1) is 0 Å². The summed E-state index contributed by atoms with van der Waals surface area (Å²) in [6.07, 6.45) is -3.32. The molecule has 6 nitrogen and oxygen atoms in total. The second kappa shape index (κ2) is 11.4. The molecule has 0 saturated heterocycles. The molecule has 3 aromatic rings. The molecule has 0 saturated carbocycles. The lowest BCUT2D eigenvalue weighted by molar-refractivity contribution is -0.137. The van der Waals surface area contributed by atoms with Crippen molar-refractivity contribution in [2.75, 3.05) is 11.9 Å². The zero-order chi connectivity index (χ0) is 25.6. The van der Waals surface area contributed by atoms with E-state index in [9.17, 15) is 22.8 Å². The third kappa shape index (κ3) is 7.61. The van der Waals surface area contributed by atoms with Crippen LogP contribution in [-0.2, 0) is 11.0 Å². The Balaban J connectivity index is 1.54. The monoisotopic (exact) mass is 543 g/mol. The molecule has 3 aromatic carbocycles. The summed E-state index contributed by atoms with van der Waals surface area (Å²) in [6, 6.07) is 13.1. The van der Waals surface area contributed by atoms with Gasteiger partial charge in [-0.15, -0.1) is 0 Å². The maximum Gasteiger partial charge on any atom is 0.416 e. The first-order chi connectivity index (χ1) is 16.5. The van der Waals surface area contributed by atoms with Crippen molar-refractivity contribution < 1.29 is 27.5 Å². The van der Waals surface area contributed by atoms with Crippen LogP contribution in [0.3, 0.4) is 0 Å². The number of carbonyl (C=O) groups is 2. The molecule has 0 fully saturated rings. The highest BCUT2D eigenvalue weighted by Crippen LogP contribution is 2.29. The van der Waals surface area contributed by atoms with Gasteiger partial charge in [-0.25, -0.2) is 5.43 Å². The lowest BCUT2D eigenvalue weighted by Crippen LogP contribution is -2.20. The molecule has 2 amide bonds. The predicted octanol–water partition coefficient (Wildman–Crippen LogP) is 6.45. The molecule has 0 aliphatic heterocycles. The van der Waals surface area contributed by atoms with E-state index in [0.29, 0.717) is 16.3 Å². The molecule has 0 radical (unpaired) electrons. The van der Waals surface area contributed by atoms with Gasteiger partial charge in [-0.1, -0.05) is 40.9 Å². The number of benzene rings is 3. The van der Waals surface area contributed by atoms with Crippen LogP contribution in [-0.4, -0.2) is 24.6 Å². The van der Waals surface area contributed by atoms with E-state index < -0.39 is 23.6 Å². The van der Waals surface area contributed by atoms with Gasteiger partial charge in [-0.3, -0.25) is 9.59 Å². The number of rotatable bonds is 7. The number of nitrogens with zero attached hydrogens (tertiary/aromatic N) is 1. The zero-order valence-corrected chi connectivity index (χ0v) is 19.8. The molecule has 35 heavy (non-hydrogen) atoms. The van der Waals surface area contributed by atoms with Gasteiger partial charge in [0.15, 0.2) is 6.61 Å². The number of halogens is 6. The molecular formula is C23H15Cl3F3N3O3. The Hall–Kier alpha value is -3.27. The maximum absolute atomic E-state index is 12.8. The average molecular weight is 545 g/mol. The summed E-state index contributed by atoms with van der Waals surface area (Å²) in [4.78, 5) is 24.1. The van der Waals surface area contributed by atoms with Gasteiger partial charge < -0.3 is 10.1 Å². The fourth-order valence-electron chi connectivity index (χ4n) is 2.70. The third-order valence-corrected chi connectivity index (χ3v) is 5.38. The zero-order valence-electron chi connectivity index (χ0n) is 17.5. The van der Waals surface area contributed by atoms with E-state index in [1.807, 2.05) is 0 Å². The van der Waals surface area contributed by atoms with E-state index >= 15 is 0 Å². The molecule has 0 spiro atoms. The number of nitrogens with one attached hydrogen (secondary N) is 2. The third-order valence-electron chi connectivity index (χ3n) is 4.35. The molecular weight excluding hydrogens is 530 g/mol. The van der Waals surface area contributed by atoms with Crippen molar-refractivity contribution in [1.82, 2.24) is 5.43 Å². The molecule has 0 atom stereocenters. The van der Waals surface area contributed by atoms with Crippen LogP contribution in [0.4, 0.5) is 18.9 Å². The minimum Gasteiger partial charge on any atom is -0.482 e. The summed E-state index contributed by atoms with van der Waals surface area (Å²) in [5, 5.41) is 7.14. The molecule has 0 aliphatic rings. The van der Waals surface area contributed by atoms with Gasteiger partial charge in [0.05, 0.1) is 26.8 Å². The van der Waals surface area contributed by atoms with Gasteiger partial charge in [0.1, 0.15) is 5.75 Å². The van der Waals surface area contributed by atoms with Crippen LogP contribution >= 0.6 is 34.8 Å². The van der Waals surface area contributed by atoms with Crippen LogP contribution in [0.1, 0.15) is 21.5 Å². The lowest BCUT2D eigenvalue weighted by Gasteiger charge is -2.10. The number of amides is 2. The number of carbonyl (C=O) groups excluding carboxylic acids is 2. The molecule has 12 heteroatoms. The molecule has 3 rings (SSSR count). The number of hydrazone groups is 1. The number of hydrogen-bond acceptors (Lipinski definition) is 4. The Kier molecular flexibility index (Phi) is 8.61. The number of alkyl halides is 3. The first-order valence-electron chi connectivity index (χ1n) is 9.71. The summed E-state index contributed by atoms with van der Waals surface area (Å²) < 4.78 is 43.8. The van der Waals surface area contributed by atoms with Crippen molar-refractivity contribution in [3.8, 4) is 5.75 Å². The highest BCUT2D eigenvalue weighted by Gasteiger charge is 2.30. The SMILES string of the molecule is O=C(COc1ccc(/C=N/NC(=O)c2cccc(C(F)(F)F)c2)cc1Cl)Nc1ccc(Cl)c(Cl)c1.